The van der Waals surface area contributed by atoms with E-state index in [0.717, 1.165) is 29.7 Å². The molecule has 0 spiro atoms. The van der Waals surface area contributed by atoms with Crippen molar-refractivity contribution in [2.24, 2.45) is 5.73 Å². The van der Waals surface area contributed by atoms with Gasteiger partial charge in [-0.15, -0.1) is 0 Å². The monoisotopic (exact) mass is 311 g/mol. The topological polar surface area (TPSA) is 49.6 Å². The van der Waals surface area contributed by atoms with Crippen LogP contribution in [0.2, 0.25) is 0 Å². The second-order valence-corrected chi connectivity index (χ2v) is 5.45. The van der Waals surface area contributed by atoms with Crippen LogP contribution >= 0.6 is 15.9 Å². The highest BCUT2D eigenvalue weighted by Gasteiger charge is 2.29. The number of nitrogens with zero attached hydrogens (tertiary/aromatic N) is 2. The van der Waals surface area contributed by atoms with Gasteiger partial charge in [0.2, 0.25) is 5.91 Å². The number of likely N-dealkylation sites (N-methyl/N-ethyl adjacent to an activating group) is 1. The molecule has 0 saturated carbocycles. The smallest absolute Gasteiger partial charge is 0.246 e. The van der Waals surface area contributed by atoms with Crippen molar-refractivity contribution < 1.29 is 4.79 Å². The van der Waals surface area contributed by atoms with E-state index in [0.29, 0.717) is 6.54 Å². The molecular formula is C13H18BrN3O. The Hall–Kier alpha value is -1.07. The third-order valence-electron chi connectivity index (χ3n) is 3.31. The van der Waals surface area contributed by atoms with Crippen molar-refractivity contribution in [2.45, 2.75) is 12.5 Å². The molecule has 0 aliphatic carbocycles. The maximum absolute atomic E-state index is 12.2. The van der Waals surface area contributed by atoms with Gasteiger partial charge in [-0.2, -0.15) is 0 Å². The Kier molecular flexibility index (Phi) is 4.24. The predicted octanol–water partition coefficient (Wildman–Crippen LogP) is 1.44. The summed E-state index contributed by atoms with van der Waals surface area (Å²) in [6.07, 6.45) is 0.967. The average molecular weight is 312 g/mol. The molecule has 1 atom stereocenters. The van der Waals surface area contributed by atoms with Crippen LogP contribution in [0.4, 0.5) is 5.69 Å². The first-order chi connectivity index (χ1) is 8.63. The van der Waals surface area contributed by atoms with Gasteiger partial charge in [-0.05, 0) is 30.7 Å². The Morgan fingerprint density at radius 3 is 2.61 bits per heavy atom. The number of halogens is 1. The van der Waals surface area contributed by atoms with Crippen molar-refractivity contribution in [1.29, 1.82) is 0 Å². The Bertz CT molecular complexity index is 421. The van der Waals surface area contributed by atoms with Gasteiger partial charge in [0, 0.05) is 36.8 Å². The van der Waals surface area contributed by atoms with Crippen LogP contribution in [0.5, 0.6) is 0 Å². The molecule has 1 fully saturated rings. The molecule has 1 unspecified atom stereocenters. The fourth-order valence-corrected chi connectivity index (χ4v) is 2.57. The summed E-state index contributed by atoms with van der Waals surface area (Å²) in [5.41, 5.74) is 6.84. The van der Waals surface area contributed by atoms with Crippen LogP contribution in [0.15, 0.2) is 28.7 Å². The minimum atomic E-state index is -0.251. The number of nitrogens with two attached hydrogens (primary N) is 1. The minimum absolute atomic E-state index is 0.109. The van der Waals surface area contributed by atoms with Crippen molar-refractivity contribution in [3.8, 4) is 0 Å². The molecule has 18 heavy (non-hydrogen) atoms. The lowest BCUT2D eigenvalue weighted by Crippen LogP contribution is -2.49. The second-order valence-electron chi connectivity index (χ2n) is 4.53. The molecule has 98 valence electrons. The standard InChI is InChI=1S/C13H18BrN3O/c1-16-7-2-8-17(12(9-15)13(16)18)11-5-3-10(14)4-6-11/h3-6,12H,2,7-9,15H2,1H3. The lowest BCUT2D eigenvalue weighted by atomic mass is 10.2. The van der Waals surface area contributed by atoms with Crippen LogP contribution in [0.3, 0.4) is 0 Å². The van der Waals surface area contributed by atoms with Gasteiger partial charge in [-0.25, -0.2) is 0 Å². The van der Waals surface area contributed by atoms with E-state index in [1.54, 1.807) is 4.90 Å². The Morgan fingerprint density at radius 2 is 2.00 bits per heavy atom. The first-order valence-electron chi connectivity index (χ1n) is 6.10. The van der Waals surface area contributed by atoms with E-state index < -0.39 is 0 Å². The lowest BCUT2D eigenvalue weighted by molar-refractivity contribution is -0.130. The van der Waals surface area contributed by atoms with Gasteiger partial charge in [0.1, 0.15) is 6.04 Å². The first kappa shape index (κ1) is 13.4. The van der Waals surface area contributed by atoms with Crippen molar-refractivity contribution in [3.05, 3.63) is 28.7 Å². The van der Waals surface area contributed by atoms with Gasteiger partial charge in [-0.3, -0.25) is 4.79 Å². The fourth-order valence-electron chi connectivity index (χ4n) is 2.30. The summed E-state index contributed by atoms with van der Waals surface area (Å²) in [5.74, 6) is 0.109. The van der Waals surface area contributed by atoms with Crippen molar-refractivity contribution in [1.82, 2.24) is 4.90 Å². The highest BCUT2D eigenvalue weighted by atomic mass is 79.9. The van der Waals surface area contributed by atoms with E-state index >= 15 is 0 Å². The van der Waals surface area contributed by atoms with E-state index in [4.69, 9.17) is 5.73 Å². The summed E-state index contributed by atoms with van der Waals surface area (Å²) >= 11 is 3.42. The molecule has 1 aromatic carbocycles. The van der Waals surface area contributed by atoms with Crippen LogP contribution in [-0.2, 0) is 4.79 Å². The maximum atomic E-state index is 12.2. The SMILES string of the molecule is CN1CCCN(c2ccc(Br)cc2)C(CN)C1=O. The molecule has 0 aromatic heterocycles. The molecule has 1 saturated heterocycles. The summed E-state index contributed by atoms with van der Waals surface area (Å²) in [6, 6.07) is 7.76. The van der Waals surface area contributed by atoms with Crippen molar-refractivity contribution >= 4 is 27.5 Å². The number of anilines is 1. The summed E-state index contributed by atoms with van der Waals surface area (Å²) in [7, 11) is 1.84. The third-order valence-corrected chi connectivity index (χ3v) is 3.84. The normalized spacial score (nSPS) is 21.1. The van der Waals surface area contributed by atoms with Crippen LogP contribution in [0, 0.1) is 0 Å². The molecule has 4 nitrogen and oxygen atoms in total. The number of carbonyl (C=O) groups excluding carboxylic acids is 1. The third kappa shape index (κ3) is 2.67. The molecule has 1 amide bonds. The number of carbonyl (C=O) groups is 1. The molecule has 0 radical (unpaired) electrons. The summed E-state index contributed by atoms with van der Waals surface area (Å²) in [5, 5.41) is 0. The highest BCUT2D eigenvalue weighted by molar-refractivity contribution is 9.10. The Morgan fingerprint density at radius 1 is 1.33 bits per heavy atom. The molecule has 5 heteroatoms. The average Bonchev–Trinajstić information content (AvgIpc) is 2.51. The molecule has 1 heterocycles. The quantitative estimate of drug-likeness (QED) is 0.899. The summed E-state index contributed by atoms with van der Waals surface area (Å²) in [6.45, 7) is 2.00. The van der Waals surface area contributed by atoms with E-state index in [2.05, 4.69) is 20.8 Å². The van der Waals surface area contributed by atoms with Crippen molar-refractivity contribution in [2.75, 3.05) is 31.6 Å². The van der Waals surface area contributed by atoms with Gasteiger partial charge in [-0.1, -0.05) is 15.9 Å². The number of hydrogen-bond donors (Lipinski definition) is 1. The molecule has 2 rings (SSSR count). The molecule has 1 aliphatic rings. The minimum Gasteiger partial charge on any atom is -0.358 e. The van der Waals surface area contributed by atoms with Crippen LogP contribution in [0.1, 0.15) is 6.42 Å². The van der Waals surface area contributed by atoms with Gasteiger partial charge < -0.3 is 15.5 Å². The predicted molar refractivity (Wildman–Crippen MR) is 76.6 cm³/mol. The molecule has 2 N–H and O–H groups in total. The van der Waals surface area contributed by atoms with E-state index in [1.165, 1.54) is 0 Å². The number of benzene rings is 1. The zero-order valence-corrected chi connectivity index (χ0v) is 12.1. The fraction of sp³-hybridized carbons (Fsp3) is 0.462. The zero-order chi connectivity index (χ0) is 13.1. The van der Waals surface area contributed by atoms with Crippen LogP contribution < -0.4 is 10.6 Å². The van der Waals surface area contributed by atoms with Gasteiger partial charge in [0.05, 0.1) is 0 Å². The Labute approximate surface area is 116 Å². The second kappa shape index (κ2) is 5.71. The summed E-state index contributed by atoms with van der Waals surface area (Å²) in [4.78, 5) is 16.1. The van der Waals surface area contributed by atoms with E-state index in [9.17, 15) is 4.79 Å². The van der Waals surface area contributed by atoms with Crippen LogP contribution in [-0.4, -0.2) is 43.5 Å². The molecular weight excluding hydrogens is 294 g/mol. The Balaban J connectivity index is 2.29. The van der Waals surface area contributed by atoms with E-state index in [1.807, 2.05) is 31.3 Å². The maximum Gasteiger partial charge on any atom is 0.246 e. The molecule has 1 aromatic rings. The number of hydrogen-bond acceptors (Lipinski definition) is 3. The van der Waals surface area contributed by atoms with Gasteiger partial charge in [0.15, 0.2) is 0 Å². The van der Waals surface area contributed by atoms with Crippen LogP contribution in [0.25, 0.3) is 0 Å². The lowest BCUT2D eigenvalue weighted by Gasteiger charge is -2.30. The number of rotatable bonds is 2. The van der Waals surface area contributed by atoms with Gasteiger partial charge >= 0.3 is 0 Å². The zero-order valence-electron chi connectivity index (χ0n) is 10.5. The largest absolute Gasteiger partial charge is 0.358 e. The molecule has 1 aliphatic heterocycles. The molecule has 0 bridgehead atoms. The number of amides is 1. The van der Waals surface area contributed by atoms with Crippen molar-refractivity contribution in [3.63, 3.8) is 0 Å². The van der Waals surface area contributed by atoms with E-state index in [-0.39, 0.29) is 11.9 Å². The first-order valence-corrected chi connectivity index (χ1v) is 6.90. The highest BCUT2D eigenvalue weighted by Crippen LogP contribution is 2.22. The van der Waals surface area contributed by atoms with Gasteiger partial charge in [0.25, 0.3) is 0 Å². The summed E-state index contributed by atoms with van der Waals surface area (Å²) < 4.78 is 1.04.